The number of ketones is 1. The molecule has 0 spiro atoms. The first-order valence-electron chi connectivity index (χ1n) is 6.58. The van der Waals surface area contributed by atoms with Crippen molar-refractivity contribution in [1.29, 1.82) is 0 Å². The van der Waals surface area contributed by atoms with E-state index in [1.54, 1.807) is 36.4 Å². The Bertz CT molecular complexity index is 800. The zero-order valence-electron chi connectivity index (χ0n) is 11.4. The molecule has 3 rings (SSSR count). The normalized spacial score (nSPS) is 10.6. The quantitative estimate of drug-likeness (QED) is 0.372. The number of carbonyl (C=O) groups is 2. The maximum atomic E-state index is 12.0. The van der Waals surface area contributed by atoms with Crippen LogP contribution in [0.2, 0.25) is 0 Å². The molecule has 0 unspecified atom stereocenters. The molecule has 3 aromatic rings. The molecule has 0 amide bonds. The van der Waals surface area contributed by atoms with Gasteiger partial charge in [-0.1, -0.05) is 18.2 Å². The molecule has 2 aromatic carbocycles. The van der Waals surface area contributed by atoms with Gasteiger partial charge in [0.15, 0.2) is 12.4 Å². The highest BCUT2D eigenvalue weighted by molar-refractivity contribution is 14.1. The highest BCUT2D eigenvalue weighted by Gasteiger charge is 2.15. The van der Waals surface area contributed by atoms with Crippen LogP contribution in [0.3, 0.4) is 0 Å². The maximum Gasteiger partial charge on any atom is 0.338 e. The third-order valence-electron chi connectivity index (χ3n) is 3.11. The lowest BCUT2D eigenvalue weighted by Crippen LogP contribution is -2.13. The summed E-state index contributed by atoms with van der Waals surface area (Å²) in [5, 5.41) is 0.842. The molecule has 0 radical (unpaired) electrons. The first-order chi connectivity index (χ1) is 10.6. The average molecular weight is 406 g/mol. The van der Waals surface area contributed by atoms with Crippen molar-refractivity contribution in [2.45, 2.75) is 0 Å². The second-order valence-corrected chi connectivity index (χ2v) is 5.90. The molecular formula is C17H11IO4. The molecule has 4 nitrogen and oxygen atoms in total. The van der Waals surface area contributed by atoms with Crippen molar-refractivity contribution in [3.63, 3.8) is 0 Å². The molecule has 0 atom stereocenters. The number of benzene rings is 2. The van der Waals surface area contributed by atoms with Crippen LogP contribution in [0, 0.1) is 3.57 Å². The van der Waals surface area contributed by atoms with Crippen molar-refractivity contribution in [3.05, 3.63) is 69.5 Å². The van der Waals surface area contributed by atoms with Gasteiger partial charge in [-0.05, 0) is 59.0 Å². The SMILES string of the molecule is O=C(OCC(=O)c1cc2ccccc2o1)c1ccc(I)cc1. The maximum absolute atomic E-state index is 12.0. The van der Waals surface area contributed by atoms with Gasteiger partial charge in [-0.3, -0.25) is 4.79 Å². The van der Waals surface area contributed by atoms with Crippen molar-refractivity contribution >= 4 is 45.3 Å². The van der Waals surface area contributed by atoms with Gasteiger partial charge in [-0.2, -0.15) is 0 Å². The number of carbonyl (C=O) groups excluding carboxylic acids is 2. The second-order valence-electron chi connectivity index (χ2n) is 4.65. The van der Waals surface area contributed by atoms with Crippen molar-refractivity contribution in [1.82, 2.24) is 0 Å². The van der Waals surface area contributed by atoms with Crippen LogP contribution in [-0.4, -0.2) is 18.4 Å². The summed E-state index contributed by atoms with van der Waals surface area (Å²) in [6.07, 6.45) is 0. The molecule has 0 saturated carbocycles. The van der Waals surface area contributed by atoms with E-state index < -0.39 is 5.97 Å². The van der Waals surface area contributed by atoms with Crippen LogP contribution in [0.15, 0.2) is 59.0 Å². The van der Waals surface area contributed by atoms with E-state index in [9.17, 15) is 9.59 Å². The number of ether oxygens (including phenoxy) is 1. The van der Waals surface area contributed by atoms with E-state index in [1.807, 2.05) is 18.2 Å². The lowest BCUT2D eigenvalue weighted by molar-refractivity contribution is 0.0468. The molecule has 22 heavy (non-hydrogen) atoms. The second kappa shape index (κ2) is 6.31. The lowest BCUT2D eigenvalue weighted by atomic mass is 10.2. The average Bonchev–Trinajstić information content (AvgIpc) is 2.97. The summed E-state index contributed by atoms with van der Waals surface area (Å²) in [5.74, 6) is -0.701. The van der Waals surface area contributed by atoms with Crippen LogP contribution in [0.1, 0.15) is 20.9 Å². The first kappa shape index (κ1) is 14.8. The summed E-state index contributed by atoms with van der Waals surface area (Å²) >= 11 is 2.15. The van der Waals surface area contributed by atoms with E-state index in [1.165, 1.54) is 0 Å². The number of para-hydroxylation sites is 1. The van der Waals surface area contributed by atoms with Crippen LogP contribution in [-0.2, 0) is 4.74 Å². The Morgan fingerprint density at radius 3 is 2.50 bits per heavy atom. The number of Topliss-reactive ketones (excluding diaryl/α,β-unsaturated/α-hetero) is 1. The standard InChI is InChI=1S/C17H11IO4/c18-13-7-5-11(6-8-13)17(20)21-10-14(19)16-9-12-3-1-2-4-15(12)22-16/h1-9H,10H2. The van der Waals surface area contributed by atoms with Crippen LogP contribution in [0.5, 0.6) is 0 Å². The highest BCUT2D eigenvalue weighted by Crippen LogP contribution is 2.19. The van der Waals surface area contributed by atoms with Crippen LogP contribution < -0.4 is 0 Å². The van der Waals surface area contributed by atoms with E-state index in [0.717, 1.165) is 8.96 Å². The highest BCUT2D eigenvalue weighted by atomic mass is 127. The molecule has 0 aliphatic heterocycles. The number of esters is 1. The third-order valence-corrected chi connectivity index (χ3v) is 3.83. The number of halogens is 1. The molecule has 110 valence electrons. The molecule has 0 bridgehead atoms. The van der Waals surface area contributed by atoms with Gasteiger partial charge < -0.3 is 9.15 Å². The Balaban J connectivity index is 1.66. The van der Waals surface area contributed by atoms with Gasteiger partial charge in [0.1, 0.15) is 5.58 Å². The predicted octanol–water partition coefficient (Wildman–Crippen LogP) is 4.08. The molecular weight excluding hydrogens is 395 g/mol. The van der Waals surface area contributed by atoms with Crippen molar-refractivity contribution in [2.75, 3.05) is 6.61 Å². The Hall–Kier alpha value is -2.15. The minimum atomic E-state index is -0.527. The summed E-state index contributed by atoms with van der Waals surface area (Å²) in [6.45, 7) is -0.343. The zero-order chi connectivity index (χ0) is 15.5. The first-order valence-corrected chi connectivity index (χ1v) is 7.66. The van der Waals surface area contributed by atoms with Crippen LogP contribution >= 0.6 is 22.6 Å². The fraction of sp³-hybridized carbons (Fsp3) is 0.0588. The number of hydrogen-bond donors (Lipinski definition) is 0. The topological polar surface area (TPSA) is 56.5 Å². The molecule has 1 aromatic heterocycles. The summed E-state index contributed by atoms with van der Waals surface area (Å²) in [7, 11) is 0. The molecule has 0 fully saturated rings. The number of fused-ring (bicyclic) bond motifs is 1. The van der Waals surface area contributed by atoms with Crippen molar-refractivity contribution in [3.8, 4) is 0 Å². The van der Waals surface area contributed by atoms with Crippen molar-refractivity contribution in [2.24, 2.45) is 0 Å². The monoisotopic (exact) mass is 406 g/mol. The summed E-state index contributed by atoms with van der Waals surface area (Å²) in [5.41, 5.74) is 1.05. The molecule has 5 heteroatoms. The molecule has 0 saturated heterocycles. The smallest absolute Gasteiger partial charge is 0.338 e. The Kier molecular flexibility index (Phi) is 4.24. The summed E-state index contributed by atoms with van der Waals surface area (Å²) in [4.78, 5) is 23.9. The minimum Gasteiger partial charge on any atom is -0.454 e. The third kappa shape index (κ3) is 3.19. The Labute approximate surface area is 140 Å². The van der Waals surface area contributed by atoms with Crippen LogP contribution in [0.4, 0.5) is 0 Å². The Morgan fingerprint density at radius 2 is 1.77 bits per heavy atom. The van der Waals surface area contributed by atoms with E-state index in [4.69, 9.17) is 9.15 Å². The fourth-order valence-electron chi connectivity index (χ4n) is 1.99. The molecule has 0 N–H and O–H groups in total. The lowest BCUT2D eigenvalue weighted by Gasteiger charge is -2.03. The van der Waals surface area contributed by atoms with Gasteiger partial charge in [0, 0.05) is 8.96 Å². The van der Waals surface area contributed by atoms with E-state index in [2.05, 4.69) is 22.6 Å². The number of rotatable bonds is 4. The zero-order valence-corrected chi connectivity index (χ0v) is 13.6. The predicted molar refractivity (Wildman–Crippen MR) is 90.0 cm³/mol. The molecule has 0 aliphatic carbocycles. The summed E-state index contributed by atoms with van der Waals surface area (Å²) < 4.78 is 11.5. The van der Waals surface area contributed by atoms with Gasteiger partial charge in [0.05, 0.1) is 5.56 Å². The van der Waals surface area contributed by atoms with Gasteiger partial charge in [-0.15, -0.1) is 0 Å². The van der Waals surface area contributed by atoms with Crippen molar-refractivity contribution < 1.29 is 18.7 Å². The van der Waals surface area contributed by atoms with Gasteiger partial charge >= 0.3 is 5.97 Å². The Morgan fingerprint density at radius 1 is 1.05 bits per heavy atom. The minimum absolute atomic E-state index is 0.191. The van der Waals surface area contributed by atoms with E-state index in [-0.39, 0.29) is 18.2 Å². The van der Waals surface area contributed by atoms with Crippen LogP contribution in [0.25, 0.3) is 11.0 Å². The van der Waals surface area contributed by atoms with Gasteiger partial charge in [0.25, 0.3) is 0 Å². The molecule has 0 aliphatic rings. The van der Waals surface area contributed by atoms with E-state index in [0.29, 0.717) is 11.1 Å². The molecule has 1 heterocycles. The summed E-state index contributed by atoms with van der Waals surface area (Å²) in [6, 6.07) is 15.9. The number of furan rings is 1. The van der Waals surface area contributed by atoms with E-state index >= 15 is 0 Å². The largest absolute Gasteiger partial charge is 0.454 e. The number of hydrogen-bond acceptors (Lipinski definition) is 4. The fourth-order valence-corrected chi connectivity index (χ4v) is 2.35. The van der Waals surface area contributed by atoms with Gasteiger partial charge in [-0.25, -0.2) is 4.79 Å². The van der Waals surface area contributed by atoms with Gasteiger partial charge in [0.2, 0.25) is 5.78 Å².